The van der Waals surface area contributed by atoms with Crippen molar-refractivity contribution in [3.63, 3.8) is 0 Å². The highest BCUT2D eigenvalue weighted by molar-refractivity contribution is 9.11. The second kappa shape index (κ2) is 6.84. The molecule has 0 spiro atoms. The summed E-state index contributed by atoms with van der Waals surface area (Å²) in [6, 6.07) is 2.68. The Morgan fingerprint density at radius 1 is 1.39 bits per heavy atom. The van der Waals surface area contributed by atoms with E-state index in [0.717, 1.165) is 6.42 Å². The zero-order chi connectivity index (χ0) is 13.7. The molecular weight excluding hydrogens is 370 g/mol. The summed E-state index contributed by atoms with van der Waals surface area (Å²) >= 11 is 6.37. The lowest BCUT2D eigenvalue weighted by molar-refractivity contribution is -0.385. The number of nitro groups is 1. The molecule has 0 atom stereocenters. The Hall–Kier alpha value is -0.950. The van der Waals surface area contributed by atoms with Crippen LogP contribution in [0, 0.1) is 10.1 Å². The molecule has 0 aromatic heterocycles. The second-order valence-corrected chi connectivity index (χ2v) is 5.28. The van der Waals surface area contributed by atoms with Gasteiger partial charge in [-0.25, -0.2) is 0 Å². The molecule has 1 aromatic carbocycles. The number of Topliss-reactive ketones (excluding diaryl/α,β-unsaturated/α-hetero) is 1. The number of ether oxygens (including phenoxy) is 1. The number of nitrogens with zero attached hydrogens (tertiary/aromatic N) is 1. The minimum atomic E-state index is -0.498. The zero-order valence-electron chi connectivity index (χ0n) is 9.61. The second-order valence-electron chi connectivity index (χ2n) is 3.57. The lowest BCUT2D eigenvalue weighted by Crippen LogP contribution is -2.11. The third-order valence-corrected chi connectivity index (χ3v) is 3.28. The van der Waals surface area contributed by atoms with Crippen molar-refractivity contribution < 1.29 is 14.5 Å². The van der Waals surface area contributed by atoms with Gasteiger partial charge in [0.25, 0.3) is 5.69 Å². The van der Waals surface area contributed by atoms with Crippen molar-refractivity contribution >= 4 is 43.3 Å². The van der Waals surface area contributed by atoms with Crippen LogP contribution in [-0.2, 0) is 4.79 Å². The number of rotatable bonds is 6. The van der Waals surface area contributed by atoms with Crippen molar-refractivity contribution in [3.8, 4) is 5.75 Å². The van der Waals surface area contributed by atoms with Crippen LogP contribution < -0.4 is 4.74 Å². The number of benzene rings is 1. The van der Waals surface area contributed by atoms with Crippen LogP contribution in [0.5, 0.6) is 5.75 Å². The van der Waals surface area contributed by atoms with E-state index < -0.39 is 4.92 Å². The summed E-state index contributed by atoms with van der Waals surface area (Å²) in [6.45, 7) is 1.87. The van der Waals surface area contributed by atoms with Gasteiger partial charge >= 0.3 is 0 Å². The Morgan fingerprint density at radius 2 is 1.94 bits per heavy atom. The van der Waals surface area contributed by atoms with Crippen LogP contribution in [0.1, 0.15) is 19.8 Å². The van der Waals surface area contributed by atoms with Crippen LogP contribution in [0.15, 0.2) is 21.1 Å². The van der Waals surface area contributed by atoms with E-state index in [0.29, 0.717) is 21.1 Å². The van der Waals surface area contributed by atoms with Gasteiger partial charge < -0.3 is 4.74 Å². The normalized spacial score (nSPS) is 10.2. The molecule has 0 N–H and O–H groups in total. The van der Waals surface area contributed by atoms with Crippen LogP contribution in [0.4, 0.5) is 5.69 Å². The maximum absolute atomic E-state index is 11.4. The molecule has 98 valence electrons. The number of ketones is 1. The number of hydrogen-bond acceptors (Lipinski definition) is 4. The van der Waals surface area contributed by atoms with Crippen molar-refractivity contribution in [1.82, 2.24) is 0 Å². The van der Waals surface area contributed by atoms with Crippen LogP contribution in [-0.4, -0.2) is 17.3 Å². The van der Waals surface area contributed by atoms with Gasteiger partial charge in [0.05, 0.1) is 13.9 Å². The van der Waals surface area contributed by atoms with Gasteiger partial charge in [-0.15, -0.1) is 0 Å². The third-order valence-electron chi connectivity index (χ3n) is 2.10. The van der Waals surface area contributed by atoms with Gasteiger partial charge in [0.1, 0.15) is 12.4 Å². The quantitative estimate of drug-likeness (QED) is 0.554. The van der Waals surface area contributed by atoms with Gasteiger partial charge in [-0.1, -0.05) is 6.92 Å². The lowest BCUT2D eigenvalue weighted by Gasteiger charge is -2.09. The number of nitro benzene ring substituents is 1. The lowest BCUT2D eigenvalue weighted by atomic mass is 10.2. The molecule has 1 rings (SSSR count). The van der Waals surface area contributed by atoms with Crippen molar-refractivity contribution in [2.75, 3.05) is 6.61 Å². The van der Waals surface area contributed by atoms with E-state index in [1.165, 1.54) is 12.1 Å². The number of carbonyl (C=O) groups is 1. The van der Waals surface area contributed by atoms with Crippen LogP contribution in [0.3, 0.4) is 0 Å². The molecule has 0 saturated heterocycles. The van der Waals surface area contributed by atoms with E-state index in [2.05, 4.69) is 31.9 Å². The molecule has 0 saturated carbocycles. The van der Waals surface area contributed by atoms with E-state index in [9.17, 15) is 14.9 Å². The molecule has 0 fully saturated rings. The van der Waals surface area contributed by atoms with Gasteiger partial charge in [-0.3, -0.25) is 14.9 Å². The SMILES string of the molecule is CCCC(=O)COc1c(Br)cc([N+](=O)[O-])cc1Br. The molecule has 0 heterocycles. The average Bonchev–Trinajstić information content (AvgIpc) is 2.27. The number of non-ortho nitro benzene ring substituents is 1. The summed E-state index contributed by atoms with van der Waals surface area (Å²) in [6.07, 6.45) is 1.23. The first-order chi connectivity index (χ1) is 8.45. The standard InChI is InChI=1S/C11H11Br2NO4/c1-2-3-8(15)6-18-11-9(12)4-7(14(16)17)5-10(11)13/h4-5H,2-3,6H2,1H3. The van der Waals surface area contributed by atoms with Crippen LogP contribution in [0.25, 0.3) is 0 Å². The molecule has 0 amide bonds. The first-order valence-corrected chi connectivity index (χ1v) is 6.82. The largest absolute Gasteiger partial charge is 0.483 e. The Balaban J connectivity index is 2.84. The fraction of sp³-hybridized carbons (Fsp3) is 0.364. The molecule has 18 heavy (non-hydrogen) atoms. The van der Waals surface area contributed by atoms with E-state index in [1.54, 1.807) is 0 Å². The van der Waals surface area contributed by atoms with E-state index in [-0.39, 0.29) is 18.1 Å². The van der Waals surface area contributed by atoms with Gasteiger partial charge in [0.15, 0.2) is 5.78 Å². The van der Waals surface area contributed by atoms with E-state index in [1.807, 2.05) is 6.92 Å². The number of carbonyl (C=O) groups excluding carboxylic acids is 1. The Labute approximate surface area is 121 Å². The fourth-order valence-electron chi connectivity index (χ4n) is 1.29. The van der Waals surface area contributed by atoms with E-state index in [4.69, 9.17) is 4.74 Å². The summed E-state index contributed by atoms with van der Waals surface area (Å²) in [5, 5.41) is 10.6. The fourth-order valence-corrected chi connectivity index (χ4v) is 2.68. The molecule has 1 aromatic rings. The molecule has 7 heteroatoms. The maximum Gasteiger partial charge on any atom is 0.271 e. The van der Waals surface area contributed by atoms with Gasteiger partial charge in [-0.2, -0.15) is 0 Å². The predicted octanol–water partition coefficient (Wildman–Crippen LogP) is 3.87. The van der Waals surface area contributed by atoms with E-state index >= 15 is 0 Å². The van der Waals surface area contributed by atoms with Crippen molar-refractivity contribution in [1.29, 1.82) is 0 Å². The Morgan fingerprint density at radius 3 is 2.39 bits per heavy atom. The predicted molar refractivity (Wildman–Crippen MR) is 73.9 cm³/mol. The summed E-state index contributed by atoms with van der Waals surface area (Å²) in [5.41, 5.74) is -0.0546. The Kier molecular flexibility index (Phi) is 5.74. The highest BCUT2D eigenvalue weighted by Crippen LogP contribution is 2.37. The molecule has 0 radical (unpaired) electrons. The Bertz CT molecular complexity index is 453. The molecule has 0 unspecified atom stereocenters. The van der Waals surface area contributed by atoms with Crippen LogP contribution in [0.2, 0.25) is 0 Å². The van der Waals surface area contributed by atoms with Crippen molar-refractivity contribution in [2.24, 2.45) is 0 Å². The topological polar surface area (TPSA) is 69.4 Å². The van der Waals surface area contributed by atoms with Crippen molar-refractivity contribution in [3.05, 3.63) is 31.2 Å². The molecule has 5 nitrogen and oxygen atoms in total. The molecule has 0 aliphatic heterocycles. The minimum absolute atomic E-state index is 0.00495. The average molecular weight is 381 g/mol. The highest BCUT2D eigenvalue weighted by atomic mass is 79.9. The van der Waals surface area contributed by atoms with Gasteiger partial charge in [0.2, 0.25) is 0 Å². The monoisotopic (exact) mass is 379 g/mol. The van der Waals surface area contributed by atoms with Gasteiger partial charge in [-0.05, 0) is 38.3 Å². The highest BCUT2D eigenvalue weighted by Gasteiger charge is 2.15. The van der Waals surface area contributed by atoms with Crippen LogP contribution >= 0.6 is 31.9 Å². The summed E-state index contributed by atoms with van der Waals surface area (Å²) in [5.74, 6) is 0.389. The summed E-state index contributed by atoms with van der Waals surface area (Å²) < 4.78 is 6.23. The summed E-state index contributed by atoms with van der Waals surface area (Å²) in [7, 11) is 0. The number of halogens is 2. The van der Waals surface area contributed by atoms with Gasteiger partial charge in [0, 0.05) is 18.6 Å². The van der Waals surface area contributed by atoms with Crippen molar-refractivity contribution in [2.45, 2.75) is 19.8 Å². The zero-order valence-corrected chi connectivity index (χ0v) is 12.8. The third kappa shape index (κ3) is 4.06. The minimum Gasteiger partial charge on any atom is -0.483 e. The summed E-state index contributed by atoms with van der Waals surface area (Å²) in [4.78, 5) is 21.5. The molecular formula is C11H11Br2NO4. The maximum atomic E-state index is 11.4. The molecule has 0 aliphatic carbocycles. The molecule has 0 aliphatic rings. The first-order valence-electron chi connectivity index (χ1n) is 5.23. The molecule has 0 bridgehead atoms. The smallest absolute Gasteiger partial charge is 0.271 e. The number of hydrogen-bond donors (Lipinski definition) is 0. The first kappa shape index (κ1) is 15.1.